The largest absolute Gasteiger partial charge is 0.421 e. The molecule has 0 unspecified atom stereocenters. The molecule has 0 aliphatic rings. The van der Waals surface area contributed by atoms with Crippen molar-refractivity contribution < 1.29 is 9.15 Å². The second-order valence-electron chi connectivity index (χ2n) is 17.8. The van der Waals surface area contributed by atoms with Crippen LogP contribution < -0.4 is 9.80 Å². The van der Waals surface area contributed by atoms with E-state index in [-0.39, 0.29) is 11.8 Å². The van der Waals surface area contributed by atoms with Gasteiger partial charge in [-0.05, 0) is 154 Å². The summed E-state index contributed by atoms with van der Waals surface area (Å²) in [5, 5.41) is 30.9. The second-order valence-corrected chi connectivity index (χ2v) is 17.8. The molecule has 0 saturated carbocycles. The highest BCUT2D eigenvalue weighted by molar-refractivity contribution is 6.25. The van der Waals surface area contributed by atoms with Gasteiger partial charge in [-0.2, -0.15) is 0 Å². The van der Waals surface area contributed by atoms with E-state index < -0.39 is 0 Å². The van der Waals surface area contributed by atoms with E-state index in [1.807, 2.05) is 91.0 Å². The van der Waals surface area contributed by atoms with Crippen molar-refractivity contribution >= 4 is 67.5 Å². The van der Waals surface area contributed by atoms with E-state index in [1.165, 1.54) is 0 Å². The van der Waals surface area contributed by atoms with Gasteiger partial charge in [0.1, 0.15) is 0 Å². The molecule has 0 bridgehead atoms. The Hall–Kier alpha value is -10.2. The predicted molar refractivity (Wildman–Crippen MR) is 302 cm³/mol. The van der Waals surface area contributed by atoms with Gasteiger partial charge in [0.2, 0.25) is 23.6 Å². The molecule has 0 radical (unpaired) electrons. The van der Waals surface area contributed by atoms with Crippen LogP contribution in [-0.2, 0) is 4.74 Å². The number of para-hydroxylation sites is 3. The zero-order chi connectivity index (χ0) is 49.8. The van der Waals surface area contributed by atoms with Crippen LogP contribution in [0.15, 0.2) is 271 Å². The maximum atomic E-state index is 9.11. The van der Waals surface area contributed by atoms with Gasteiger partial charge in [0.15, 0.2) is 0 Å². The summed E-state index contributed by atoms with van der Waals surface area (Å²) in [4.78, 5) is 4.61. The summed E-state index contributed by atoms with van der Waals surface area (Å²) >= 11 is 0. The van der Waals surface area contributed by atoms with Crippen LogP contribution in [-0.4, -0.2) is 22.0 Å². The Morgan fingerprint density at radius 1 is 0.338 bits per heavy atom. The average Bonchev–Trinajstić information content (AvgIpc) is 4.00. The normalized spacial score (nSPS) is 11.1. The Kier molecular flexibility index (Phi) is 12.1. The van der Waals surface area contributed by atoms with E-state index in [0.29, 0.717) is 22.9 Å². The number of ether oxygens (including phenoxy) is 1. The van der Waals surface area contributed by atoms with E-state index in [9.17, 15) is 0 Å². The first-order valence-electron chi connectivity index (χ1n) is 24.4. The first-order chi connectivity index (χ1) is 36.6. The monoisotopic (exact) mass is 954 g/mol. The molecule has 12 aromatic rings. The Bertz CT molecular complexity index is 3920. The molecule has 11 aromatic carbocycles. The van der Waals surface area contributed by atoms with Crippen LogP contribution in [0.25, 0.3) is 66.7 Å². The lowest BCUT2D eigenvalue weighted by Crippen LogP contribution is -2.13. The molecule has 0 aliphatic carbocycles. The van der Waals surface area contributed by atoms with Crippen LogP contribution in [0.1, 0.15) is 11.1 Å². The van der Waals surface area contributed by atoms with Crippen molar-refractivity contribution in [2.24, 2.45) is 0 Å². The molecule has 2 N–H and O–H groups in total. The molecule has 0 atom stereocenters. The number of hydrogen-bond acceptors (Lipinski definition) is 8. The number of nitrogens with one attached hydrogen (secondary N) is 2. The molecule has 1 aromatic heterocycles. The highest BCUT2D eigenvalue weighted by Crippen LogP contribution is 2.50. The van der Waals surface area contributed by atoms with E-state index >= 15 is 0 Å². The molecule has 8 nitrogen and oxygen atoms in total. The van der Waals surface area contributed by atoms with Gasteiger partial charge in [0.05, 0.1) is 5.69 Å². The van der Waals surface area contributed by atoms with Gasteiger partial charge in [-0.3, -0.25) is 10.8 Å². The topological polar surface area (TPSA) is 102 Å². The molecule has 1 heterocycles. The van der Waals surface area contributed by atoms with Gasteiger partial charge in [-0.1, -0.05) is 152 Å². The lowest BCUT2D eigenvalue weighted by Gasteiger charge is -2.30. The third-order valence-corrected chi connectivity index (χ3v) is 13.2. The summed E-state index contributed by atoms with van der Waals surface area (Å²) in [6, 6.07) is 90.5. The van der Waals surface area contributed by atoms with Crippen molar-refractivity contribution in [3.63, 3.8) is 0 Å². The molecule has 8 heteroatoms. The molecule has 74 heavy (non-hydrogen) atoms. The Balaban J connectivity index is 1.08. The third kappa shape index (κ3) is 8.73. The summed E-state index contributed by atoms with van der Waals surface area (Å²) in [5.41, 5.74) is 12.7. The quantitative estimate of drug-likeness (QED) is 0.0718. The Labute approximate surface area is 428 Å². The number of aromatic nitrogens is 2. The minimum Gasteiger partial charge on any atom is -0.421 e. The summed E-state index contributed by atoms with van der Waals surface area (Å²) in [7, 11) is 0. The molecule has 0 amide bonds. The van der Waals surface area contributed by atoms with Crippen LogP contribution in [0.2, 0.25) is 0 Å². The van der Waals surface area contributed by atoms with Crippen molar-refractivity contribution in [3.8, 4) is 45.2 Å². The molecule has 0 aliphatic heterocycles. The van der Waals surface area contributed by atoms with E-state index in [4.69, 9.17) is 20.0 Å². The fourth-order valence-electron chi connectivity index (χ4n) is 9.83. The molecule has 12 rings (SSSR count). The Morgan fingerprint density at radius 3 is 1.36 bits per heavy atom. The van der Waals surface area contributed by atoms with E-state index in [1.54, 1.807) is 12.1 Å². The van der Waals surface area contributed by atoms with Gasteiger partial charge in [0.25, 0.3) is 0 Å². The zero-order valence-corrected chi connectivity index (χ0v) is 40.0. The van der Waals surface area contributed by atoms with Crippen molar-refractivity contribution in [1.29, 1.82) is 10.8 Å². The SMILES string of the molecule is N=C(OC(=N)c1cccc(-c2c3ccccc3c(-c3cccc(-c4nnc(-c5ccccc5)o4)c3)c3c(N(c4ccccc4)c4ccc(N(c5ccccc5)c5ccccc5)cc4)cccc23)c1)c1ccccc1. The lowest BCUT2D eigenvalue weighted by molar-refractivity contribution is 0.538. The van der Waals surface area contributed by atoms with Crippen molar-refractivity contribution in [2.75, 3.05) is 9.80 Å². The minimum atomic E-state index is -0.114. The lowest BCUT2D eigenvalue weighted by atomic mass is 9.84. The van der Waals surface area contributed by atoms with Crippen molar-refractivity contribution in [2.45, 2.75) is 0 Å². The maximum absolute atomic E-state index is 9.11. The predicted octanol–water partition coefficient (Wildman–Crippen LogP) is 17.4. The minimum absolute atomic E-state index is 0.0909. The zero-order valence-electron chi connectivity index (χ0n) is 40.0. The van der Waals surface area contributed by atoms with Crippen LogP contribution >= 0.6 is 0 Å². The molecular formula is C66H46N6O2. The average molecular weight is 955 g/mol. The number of hydrogen-bond donors (Lipinski definition) is 2. The van der Waals surface area contributed by atoms with Gasteiger partial charge >= 0.3 is 0 Å². The molecule has 0 spiro atoms. The number of rotatable bonds is 12. The maximum Gasteiger partial charge on any atom is 0.248 e. The third-order valence-electron chi connectivity index (χ3n) is 13.2. The molecule has 0 saturated heterocycles. The van der Waals surface area contributed by atoms with Crippen molar-refractivity contribution in [3.05, 3.63) is 278 Å². The molecular weight excluding hydrogens is 909 g/mol. The summed E-state index contributed by atoms with van der Waals surface area (Å²) in [5.74, 6) is 0.666. The highest BCUT2D eigenvalue weighted by Gasteiger charge is 2.25. The molecule has 352 valence electrons. The smallest absolute Gasteiger partial charge is 0.248 e. The van der Waals surface area contributed by atoms with E-state index in [2.05, 4.69) is 184 Å². The van der Waals surface area contributed by atoms with Gasteiger partial charge < -0.3 is 19.0 Å². The van der Waals surface area contributed by atoms with Gasteiger partial charge in [-0.25, -0.2) is 0 Å². The number of benzene rings is 11. The number of anilines is 6. The summed E-state index contributed by atoms with van der Waals surface area (Å²) in [6.07, 6.45) is 0. The summed E-state index contributed by atoms with van der Waals surface area (Å²) < 4.78 is 12.3. The first kappa shape index (κ1) is 45.0. The van der Waals surface area contributed by atoms with Crippen molar-refractivity contribution in [1.82, 2.24) is 10.2 Å². The van der Waals surface area contributed by atoms with Crippen LogP contribution in [0.4, 0.5) is 34.1 Å². The first-order valence-corrected chi connectivity index (χ1v) is 24.4. The van der Waals surface area contributed by atoms with Gasteiger partial charge in [0, 0.05) is 56.1 Å². The fraction of sp³-hybridized carbons (Fsp3) is 0. The second kappa shape index (κ2) is 19.9. The van der Waals surface area contributed by atoms with Crippen LogP contribution in [0.3, 0.4) is 0 Å². The van der Waals surface area contributed by atoms with Gasteiger partial charge in [-0.15, -0.1) is 10.2 Å². The van der Waals surface area contributed by atoms with Crippen LogP contribution in [0.5, 0.6) is 0 Å². The highest BCUT2D eigenvalue weighted by atomic mass is 16.5. The number of nitrogens with zero attached hydrogens (tertiary/aromatic N) is 4. The van der Waals surface area contributed by atoms with E-state index in [0.717, 1.165) is 89.0 Å². The number of fused-ring (bicyclic) bond motifs is 2. The molecule has 0 fully saturated rings. The fourth-order valence-corrected chi connectivity index (χ4v) is 9.83. The Morgan fingerprint density at radius 2 is 0.743 bits per heavy atom. The van der Waals surface area contributed by atoms with Crippen LogP contribution in [0, 0.1) is 10.8 Å². The summed E-state index contributed by atoms with van der Waals surface area (Å²) in [6.45, 7) is 0. The standard InChI is InChI=1S/C66H46N6O2/c67-63(45-21-6-1-7-22-45)73-64(68)49-27-18-25-47(43-49)60-56-35-16-17-36-57(56)61(48-26-19-28-50(44-48)66-70-69-65(74-66)46-23-8-2-9-24-46)62-58(60)37-20-38-59(62)72(53-33-14-5-15-34-53)55-41-39-54(40-42-55)71(51-29-10-3-11-30-51)52-31-12-4-13-32-52/h1-44,67-68H.